The summed E-state index contributed by atoms with van der Waals surface area (Å²) in [5.41, 5.74) is 1.70. The first-order valence-electron chi connectivity index (χ1n) is 9.40. The Morgan fingerprint density at radius 2 is 1.62 bits per heavy atom. The molecule has 0 aliphatic carbocycles. The number of halogens is 2. The predicted octanol–water partition coefficient (Wildman–Crippen LogP) is 5.56. The summed E-state index contributed by atoms with van der Waals surface area (Å²) >= 11 is 11.8. The average molecular weight is 466 g/mol. The van der Waals surface area contributed by atoms with E-state index < -0.39 is 5.91 Å². The van der Waals surface area contributed by atoms with Crippen molar-refractivity contribution in [2.75, 3.05) is 17.2 Å². The van der Waals surface area contributed by atoms with E-state index in [0.29, 0.717) is 32.7 Å². The Morgan fingerprint density at radius 3 is 2.28 bits per heavy atom. The Morgan fingerprint density at radius 1 is 0.906 bits per heavy atom. The molecule has 0 bridgehead atoms. The molecular weight excluding hydrogens is 449 g/mol. The molecule has 8 heteroatoms. The van der Waals surface area contributed by atoms with Gasteiger partial charge in [0.1, 0.15) is 17.4 Å². The van der Waals surface area contributed by atoms with Gasteiger partial charge in [0.05, 0.1) is 10.0 Å². The molecule has 3 aromatic carbocycles. The van der Waals surface area contributed by atoms with Gasteiger partial charge in [-0.3, -0.25) is 9.59 Å². The number of nitrogens with one attached hydrogen (secondary N) is 2. The minimum atomic E-state index is -0.502. The molecule has 6 nitrogen and oxygen atoms in total. The number of amides is 2. The van der Waals surface area contributed by atoms with Crippen LogP contribution in [0.25, 0.3) is 6.08 Å². The fourth-order valence-corrected chi connectivity index (χ4v) is 2.91. The molecule has 0 aliphatic heterocycles. The van der Waals surface area contributed by atoms with E-state index in [0.717, 1.165) is 0 Å². The standard InChI is InChI=1S/C24H17Cl2N3O3/c25-21-11-8-19(13-22(21)26)28-23(30)15-32-20-9-6-16(7-10-20)12-17(14-27)24(31)29-18-4-2-1-3-5-18/h1-13H,15H2,(H,28,30)(H,29,31)/b17-12+. The van der Waals surface area contributed by atoms with Crippen molar-refractivity contribution in [1.82, 2.24) is 0 Å². The third kappa shape index (κ3) is 6.61. The Bertz CT molecular complexity index is 1190. The van der Waals surface area contributed by atoms with Crippen LogP contribution in [0.4, 0.5) is 11.4 Å². The number of hydrogen-bond acceptors (Lipinski definition) is 4. The third-order valence-electron chi connectivity index (χ3n) is 4.16. The summed E-state index contributed by atoms with van der Waals surface area (Å²) < 4.78 is 5.47. The van der Waals surface area contributed by atoms with Gasteiger partial charge in [-0.1, -0.05) is 53.5 Å². The van der Waals surface area contributed by atoms with Crippen LogP contribution < -0.4 is 15.4 Å². The summed E-state index contributed by atoms with van der Waals surface area (Å²) in [6, 6.07) is 22.2. The molecule has 2 amide bonds. The Hall–Kier alpha value is -3.79. The molecule has 0 radical (unpaired) electrons. The zero-order chi connectivity index (χ0) is 22.9. The largest absolute Gasteiger partial charge is 0.484 e. The summed E-state index contributed by atoms with van der Waals surface area (Å²) in [5.74, 6) is -0.409. The first-order valence-corrected chi connectivity index (χ1v) is 10.2. The number of nitrogens with zero attached hydrogens (tertiary/aromatic N) is 1. The van der Waals surface area contributed by atoms with Crippen molar-refractivity contribution >= 4 is 52.5 Å². The zero-order valence-electron chi connectivity index (χ0n) is 16.6. The monoisotopic (exact) mass is 465 g/mol. The number of nitriles is 1. The van der Waals surface area contributed by atoms with Gasteiger partial charge >= 0.3 is 0 Å². The van der Waals surface area contributed by atoms with Gasteiger partial charge in [-0.05, 0) is 54.1 Å². The van der Waals surface area contributed by atoms with Gasteiger partial charge in [-0.2, -0.15) is 5.26 Å². The van der Waals surface area contributed by atoms with Gasteiger partial charge in [0.2, 0.25) is 0 Å². The zero-order valence-corrected chi connectivity index (χ0v) is 18.2. The van der Waals surface area contributed by atoms with E-state index in [2.05, 4.69) is 10.6 Å². The second kappa shape index (κ2) is 11.0. The quantitative estimate of drug-likeness (QED) is 0.353. The Labute approximate surface area is 195 Å². The molecule has 0 spiro atoms. The molecule has 0 heterocycles. The molecule has 0 aromatic heterocycles. The van der Waals surface area contributed by atoms with Crippen LogP contribution in [-0.2, 0) is 9.59 Å². The maximum Gasteiger partial charge on any atom is 0.266 e. The van der Waals surface area contributed by atoms with Crippen LogP contribution in [0.2, 0.25) is 10.0 Å². The normalized spacial score (nSPS) is 10.7. The lowest BCUT2D eigenvalue weighted by Gasteiger charge is -2.08. The smallest absolute Gasteiger partial charge is 0.266 e. The molecule has 160 valence electrons. The van der Waals surface area contributed by atoms with Crippen molar-refractivity contribution in [2.24, 2.45) is 0 Å². The fourth-order valence-electron chi connectivity index (χ4n) is 2.62. The number of carbonyl (C=O) groups excluding carboxylic acids is 2. The minimum Gasteiger partial charge on any atom is -0.484 e. The molecule has 3 rings (SSSR count). The SMILES string of the molecule is N#C/C(=C\c1ccc(OCC(=O)Nc2ccc(Cl)c(Cl)c2)cc1)C(=O)Nc1ccccc1. The van der Waals surface area contributed by atoms with Gasteiger partial charge in [0, 0.05) is 11.4 Å². The lowest BCUT2D eigenvalue weighted by atomic mass is 10.1. The summed E-state index contributed by atoms with van der Waals surface area (Å²) in [5, 5.41) is 15.4. The van der Waals surface area contributed by atoms with Crippen molar-refractivity contribution < 1.29 is 14.3 Å². The number of carbonyl (C=O) groups is 2. The summed E-state index contributed by atoms with van der Waals surface area (Å²) in [7, 11) is 0. The highest BCUT2D eigenvalue weighted by molar-refractivity contribution is 6.42. The van der Waals surface area contributed by atoms with Crippen molar-refractivity contribution in [2.45, 2.75) is 0 Å². The maximum atomic E-state index is 12.3. The topological polar surface area (TPSA) is 91.2 Å². The summed E-state index contributed by atoms with van der Waals surface area (Å²) in [4.78, 5) is 24.4. The first kappa shape index (κ1) is 22.9. The van der Waals surface area contributed by atoms with E-state index >= 15 is 0 Å². The van der Waals surface area contributed by atoms with Crippen molar-refractivity contribution in [3.63, 3.8) is 0 Å². The lowest BCUT2D eigenvalue weighted by Crippen LogP contribution is -2.20. The van der Waals surface area contributed by atoms with Crippen molar-refractivity contribution in [3.05, 3.63) is 94.0 Å². The number of hydrogen-bond donors (Lipinski definition) is 2. The van der Waals surface area contributed by atoms with Crippen LogP contribution in [0.1, 0.15) is 5.56 Å². The predicted molar refractivity (Wildman–Crippen MR) is 126 cm³/mol. The van der Waals surface area contributed by atoms with Gasteiger partial charge in [-0.15, -0.1) is 0 Å². The Balaban J connectivity index is 1.56. The molecule has 32 heavy (non-hydrogen) atoms. The lowest BCUT2D eigenvalue weighted by molar-refractivity contribution is -0.118. The highest BCUT2D eigenvalue weighted by Gasteiger charge is 2.10. The van der Waals surface area contributed by atoms with Gasteiger partial charge in [0.15, 0.2) is 6.61 Å². The highest BCUT2D eigenvalue weighted by atomic mass is 35.5. The molecular formula is C24H17Cl2N3O3. The molecule has 3 aromatic rings. The van der Waals surface area contributed by atoms with E-state index in [9.17, 15) is 14.9 Å². The van der Waals surface area contributed by atoms with E-state index in [-0.39, 0.29) is 18.1 Å². The molecule has 0 saturated heterocycles. The average Bonchev–Trinajstić information content (AvgIpc) is 2.80. The van der Waals surface area contributed by atoms with Crippen LogP contribution in [0.15, 0.2) is 78.4 Å². The summed E-state index contributed by atoms with van der Waals surface area (Å²) in [6.07, 6.45) is 1.47. The van der Waals surface area contributed by atoms with Gasteiger partial charge < -0.3 is 15.4 Å². The second-order valence-corrected chi connectivity index (χ2v) is 7.34. The fraction of sp³-hybridized carbons (Fsp3) is 0.0417. The van der Waals surface area contributed by atoms with Crippen molar-refractivity contribution in [1.29, 1.82) is 5.26 Å². The van der Waals surface area contributed by atoms with Crippen LogP contribution >= 0.6 is 23.2 Å². The number of anilines is 2. The van der Waals surface area contributed by atoms with Crippen LogP contribution in [0, 0.1) is 11.3 Å². The molecule has 0 atom stereocenters. The Kier molecular flexibility index (Phi) is 7.87. The molecule has 0 aliphatic rings. The molecule has 2 N–H and O–H groups in total. The number of benzene rings is 3. The van der Waals surface area contributed by atoms with Crippen molar-refractivity contribution in [3.8, 4) is 11.8 Å². The van der Waals surface area contributed by atoms with Crippen LogP contribution in [0.5, 0.6) is 5.75 Å². The third-order valence-corrected chi connectivity index (χ3v) is 4.90. The number of rotatable bonds is 7. The van der Waals surface area contributed by atoms with E-state index in [4.69, 9.17) is 27.9 Å². The van der Waals surface area contributed by atoms with Gasteiger partial charge in [0.25, 0.3) is 11.8 Å². The number of ether oxygens (including phenoxy) is 1. The highest BCUT2D eigenvalue weighted by Crippen LogP contribution is 2.25. The van der Waals surface area contributed by atoms with Crippen LogP contribution in [-0.4, -0.2) is 18.4 Å². The first-order chi connectivity index (χ1) is 15.4. The maximum absolute atomic E-state index is 12.3. The second-order valence-electron chi connectivity index (χ2n) is 6.52. The van der Waals surface area contributed by atoms with E-state index in [1.807, 2.05) is 12.1 Å². The minimum absolute atomic E-state index is 0.0384. The molecule has 0 unspecified atom stereocenters. The molecule has 0 fully saturated rings. The van der Waals surface area contributed by atoms with E-state index in [1.54, 1.807) is 66.7 Å². The van der Waals surface area contributed by atoms with Gasteiger partial charge in [-0.25, -0.2) is 0 Å². The number of para-hydroxylation sites is 1. The summed E-state index contributed by atoms with van der Waals surface area (Å²) in [6.45, 7) is -0.210. The van der Waals surface area contributed by atoms with E-state index in [1.165, 1.54) is 6.08 Å². The van der Waals surface area contributed by atoms with Crippen LogP contribution in [0.3, 0.4) is 0 Å². The molecule has 0 saturated carbocycles.